The van der Waals surface area contributed by atoms with Crippen molar-refractivity contribution in [2.24, 2.45) is 0 Å². The van der Waals surface area contributed by atoms with E-state index in [1.807, 2.05) is 37.3 Å². The van der Waals surface area contributed by atoms with E-state index in [-0.39, 0.29) is 17.7 Å². The molecule has 168 valence electrons. The minimum Gasteiger partial charge on any atom is -0.493 e. The molecule has 5 nitrogen and oxygen atoms in total. The fraction of sp³-hybridized carbons (Fsp3) is 0.154. The number of ether oxygens (including phenoxy) is 2. The van der Waals surface area contributed by atoms with E-state index in [1.165, 1.54) is 10.5 Å². The van der Waals surface area contributed by atoms with Crippen LogP contribution in [0.15, 0.2) is 71.6 Å². The minimum absolute atomic E-state index is 0.136. The van der Waals surface area contributed by atoms with E-state index in [0.29, 0.717) is 28.0 Å². The summed E-state index contributed by atoms with van der Waals surface area (Å²) in [5.74, 6) is 0.804. The summed E-state index contributed by atoms with van der Waals surface area (Å²) in [5, 5.41) is 0.197. The first-order chi connectivity index (χ1) is 15.9. The molecular weight excluding hydrogens is 458 g/mol. The third kappa shape index (κ3) is 5.41. The molecule has 1 aliphatic heterocycles. The molecule has 2 amide bonds. The molecule has 1 aliphatic rings. The fourth-order valence-corrected chi connectivity index (χ4v) is 4.47. The highest BCUT2D eigenvalue weighted by atomic mass is 35.5. The number of imide groups is 1. The monoisotopic (exact) mass is 479 g/mol. The maximum atomic E-state index is 12.9. The van der Waals surface area contributed by atoms with Crippen molar-refractivity contribution in [3.63, 3.8) is 0 Å². The van der Waals surface area contributed by atoms with Crippen LogP contribution in [0.2, 0.25) is 5.02 Å². The first-order valence-corrected chi connectivity index (χ1v) is 11.5. The second-order valence-electron chi connectivity index (χ2n) is 7.55. The highest BCUT2D eigenvalue weighted by Gasteiger charge is 2.35. The lowest BCUT2D eigenvalue weighted by atomic mass is 10.1. The van der Waals surface area contributed by atoms with Gasteiger partial charge >= 0.3 is 0 Å². The molecule has 0 bridgehead atoms. The SMILES string of the molecule is COc1cc(/C=C2\SC(=O)N(Cc3ccccc3Cl)C2=O)ccc1OCc1cccc(C)c1. The Labute approximate surface area is 202 Å². The molecule has 3 aromatic rings. The van der Waals surface area contributed by atoms with Crippen LogP contribution < -0.4 is 9.47 Å². The van der Waals surface area contributed by atoms with Crippen LogP contribution in [-0.2, 0) is 17.9 Å². The summed E-state index contributed by atoms with van der Waals surface area (Å²) >= 11 is 7.10. The quantitative estimate of drug-likeness (QED) is 0.363. The number of carbonyl (C=O) groups excluding carboxylic acids is 2. The standard InChI is InChI=1S/C26H22ClNO4S/c1-17-6-5-7-19(12-17)16-32-22-11-10-18(13-23(22)31-2)14-24-25(29)28(26(30)33-24)15-20-8-3-4-9-21(20)27/h3-14H,15-16H2,1-2H3/b24-14-. The third-order valence-electron chi connectivity index (χ3n) is 5.12. The number of hydrogen-bond acceptors (Lipinski definition) is 5. The number of aryl methyl sites for hydroxylation is 1. The van der Waals surface area contributed by atoms with Crippen LogP contribution in [0.5, 0.6) is 11.5 Å². The highest BCUT2D eigenvalue weighted by Crippen LogP contribution is 2.36. The number of thioether (sulfide) groups is 1. The molecule has 1 saturated heterocycles. The second-order valence-corrected chi connectivity index (χ2v) is 8.95. The number of rotatable bonds is 7. The van der Waals surface area contributed by atoms with Gasteiger partial charge < -0.3 is 9.47 Å². The summed E-state index contributed by atoms with van der Waals surface area (Å²) < 4.78 is 11.4. The topological polar surface area (TPSA) is 55.8 Å². The summed E-state index contributed by atoms with van der Waals surface area (Å²) in [5.41, 5.74) is 3.69. The van der Waals surface area contributed by atoms with E-state index in [1.54, 1.807) is 43.5 Å². The van der Waals surface area contributed by atoms with Gasteiger partial charge in [0, 0.05) is 5.02 Å². The molecule has 0 aliphatic carbocycles. The number of nitrogens with zero attached hydrogens (tertiary/aromatic N) is 1. The molecule has 0 radical (unpaired) electrons. The lowest BCUT2D eigenvalue weighted by Crippen LogP contribution is -2.27. The molecule has 7 heteroatoms. The zero-order valence-electron chi connectivity index (χ0n) is 18.2. The first kappa shape index (κ1) is 23.0. The van der Waals surface area contributed by atoms with Crippen molar-refractivity contribution in [3.8, 4) is 11.5 Å². The Hall–Kier alpha value is -3.22. The van der Waals surface area contributed by atoms with Gasteiger partial charge in [0.05, 0.1) is 18.6 Å². The maximum absolute atomic E-state index is 12.9. The van der Waals surface area contributed by atoms with Gasteiger partial charge in [-0.1, -0.05) is 65.7 Å². The molecular formula is C26H22ClNO4S. The van der Waals surface area contributed by atoms with Gasteiger partial charge in [-0.05, 0) is 59.7 Å². The average Bonchev–Trinajstić information content (AvgIpc) is 3.07. The Balaban J connectivity index is 1.49. The summed E-state index contributed by atoms with van der Waals surface area (Å²) in [6.07, 6.45) is 1.68. The zero-order valence-corrected chi connectivity index (χ0v) is 19.8. The van der Waals surface area contributed by atoms with E-state index in [4.69, 9.17) is 21.1 Å². The summed E-state index contributed by atoms with van der Waals surface area (Å²) in [4.78, 5) is 26.9. The predicted octanol–water partition coefficient (Wildman–Crippen LogP) is 6.47. The van der Waals surface area contributed by atoms with Crippen molar-refractivity contribution in [3.05, 3.63) is 98.9 Å². The highest BCUT2D eigenvalue weighted by molar-refractivity contribution is 8.18. The molecule has 0 saturated carbocycles. The summed E-state index contributed by atoms with van der Waals surface area (Å²) in [6, 6.07) is 20.7. The Kier molecular flexibility index (Phi) is 7.06. The van der Waals surface area contributed by atoms with E-state index in [2.05, 4.69) is 6.07 Å². The molecule has 3 aromatic carbocycles. The van der Waals surface area contributed by atoms with E-state index >= 15 is 0 Å². The Bertz CT molecular complexity index is 1240. The lowest BCUT2D eigenvalue weighted by Gasteiger charge is -2.13. The molecule has 0 spiro atoms. The van der Waals surface area contributed by atoms with Gasteiger partial charge in [0.2, 0.25) is 0 Å². The van der Waals surface area contributed by atoms with Gasteiger partial charge in [0.15, 0.2) is 11.5 Å². The van der Waals surface area contributed by atoms with Gasteiger partial charge in [-0.25, -0.2) is 0 Å². The van der Waals surface area contributed by atoms with Gasteiger partial charge in [0.25, 0.3) is 11.1 Å². The van der Waals surface area contributed by atoms with Gasteiger partial charge in [0.1, 0.15) is 6.61 Å². The number of carbonyl (C=O) groups is 2. The van der Waals surface area contributed by atoms with Gasteiger partial charge in [-0.15, -0.1) is 0 Å². The van der Waals surface area contributed by atoms with Crippen LogP contribution in [0.4, 0.5) is 4.79 Å². The lowest BCUT2D eigenvalue weighted by molar-refractivity contribution is -0.123. The molecule has 1 fully saturated rings. The zero-order chi connectivity index (χ0) is 23.4. The van der Waals surface area contributed by atoms with Crippen molar-refractivity contribution in [1.29, 1.82) is 0 Å². The molecule has 1 heterocycles. The van der Waals surface area contributed by atoms with Crippen LogP contribution in [-0.4, -0.2) is 23.2 Å². The summed E-state index contributed by atoms with van der Waals surface area (Å²) in [7, 11) is 1.57. The van der Waals surface area contributed by atoms with Crippen molar-refractivity contribution >= 4 is 40.6 Å². The normalized spacial score (nSPS) is 14.8. The van der Waals surface area contributed by atoms with Gasteiger partial charge in [-0.3, -0.25) is 14.5 Å². The average molecular weight is 480 g/mol. The van der Waals surface area contributed by atoms with Crippen molar-refractivity contribution in [2.75, 3.05) is 7.11 Å². The van der Waals surface area contributed by atoms with E-state index in [9.17, 15) is 9.59 Å². The Morgan fingerprint density at radius 3 is 2.58 bits per heavy atom. The number of benzene rings is 3. The van der Waals surface area contributed by atoms with E-state index in [0.717, 1.165) is 28.5 Å². The number of halogens is 1. The number of amides is 2. The Morgan fingerprint density at radius 2 is 1.82 bits per heavy atom. The first-order valence-electron chi connectivity index (χ1n) is 10.3. The van der Waals surface area contributed by atoms with Crippen molar-refractivity contribution < 1.29 is 19.1 Å². The second kappa shape index (κ2) is 10.1. The van der Waals surface area contributed by atoms with Crippen LogP contribution in [0.25, 0.3) is 6.08 Å². The van der Waals surface area contributed by atoms with Crippen molar-refractivity contribution in [2.45, 2.75) is 20.1 Å². The molecule has 4 rings (SSSR count). The predicted molar refractivity (Wildman–Crippen MR) is 131 cm³/mol. The molecule has 0 N–H and O–H groups in total. The molecule has 0 unspecified atom stereocenters. The Morgan fingerprint density at radius 1 is 1.00 bits per heavy atom. The minimum atomic E-state index is -0.344. The smallest absolute Gasteiger partial charge is 0.293 e. The fourth-order valence-electron chi connectivity index (χ4n) is 3.44. The number of methoxy groups -OCH3 is 1. The molecule has 33 heavy (non-hydrogen) atoms. The van der Waals surface area contributed by atoms with Crippen LogP contribution in [0, 0.1) is 6.92 Å². The largest absolute Gasteiger partial charge is 0.493 e. The molecule has 0 aromatic heterocycles. The third-order valence-corrected chi connectivity index (χ3v) is 6.40. The van der Waals surface area contributed by atoms with Crippen LogP contribution >= 0.6 is 23.4 Å². The summed E-state index contributed by atoms with van der Waals surface area (Å²) in [6.45, 7) is 2.59. The van der Waals surface area contributed by atoms with Gasteiger partial charge in [-0.2, -0.15) is 0 Å². The number of hydrogen-bond donors (Lipinski definition) is 0. The maximum Gasteiger partial charge on any atom is 0.293 e. The van der Waals surface area contributed by atoms with Crippen LogP contribution in [0.3, 0.4) is 0 Å². The van der Waals surface area contributed by atoms with Crippen LogP contribution in [0.1, 0.15) is 22.3 Å². The van der Waals surface area contributed by atoms with E-state index < -0.39 is 0 Å². The molecule has 0 atom stereocenters. The van der Waals surface area contributed by atoms with Crippen molar-refractivity contribution in [1.82, 2.24) is 4.90 Å².